The third-order valence-electron chi connectivity index (χ3n) is 2.56. The maximum atomic E-state index is 11.5. The summed E-state index contributed by atoms with van der Waals surface area (Å²) in [5.74, 6) is 0.783. The minimum absolute atomic E-state index is 0.101. The van der Waals surface area contributed by atoms with Gasteiger partial charge in [-0.2, -0.15) is 4.98 Å². The Kier molecular flexibility index (Phi) is 5.84. The molecule has 1 rings (SSSR count). The number of aromatic nitrogens is 2. The van der Waals surface area contributed by atoms with Gasteiger partial charge in [-0.15, -0.1) is 0 Å². The summed E-state index contributed by atoms with van der Waals surface area (Å²) in [4.78, 5) is 21.4. The molecule has 1 aromatic heterocycles. The largest absolute Gasteiger partial charge is 0.476 e. The number of carbonyl (C=O) groups excluding carboxylic acids is 1. The second kappa shape index (κ2) is 7.40. The van der Waals surface area contributed by atoms with Crippen molar-refractivity contribution in [3.63, 3.8) is 0 Å². The highest BCUT2D eigenvalue weighted by Crippen LogP contribution is 2.27. The zero-order valence-electron chi connectivity index (χ0n) is 11.6. The van der Waals surface area contributed by atoms with Crippen LogP contribution >= 0.6 is 0 Å². The van der Waals surface area contributed by atoms with Crippen molar-refractivity contribution in [1.82, 2.24) is 15.3 Å². The predicted octanol–water partition coefficient (Wildman–Crippen LogP) is 0.420. The molecule has 1 aromatic rings. The van der Waals surface area contributed by atoms with E-state index in [1.54, 1.807) is 11.9 Å². The molecule has 0 saturated heterocycles. The van der Waals surface area contributed by atoms with Crippen LogP contribution in [0.3, 0.4) is 0 Å². The third kappa shape index (κ3) is 3.97. The summed E-state index contributed by atoms with van der Waals surface area (Å²) in [6, 6.07) is 0. The lowest BCUT2D eigenvalue weighted by Gasteiger charge is -2.22. The number of likely N-dealkylation sites (N-methyl/N-ethyl adjacent to an activating group) is 2. The van der Waals surface area contributed by atoms with Crippen molar-refractivity contribution in [3.05, 3.63) is 6.33 Å². The molecule has 0 bridgehead atoms. The molecule has 3 N–H and O–H groups in total. The maximum Gasteiger partial charge on any atom is 0.242 e. The van der Waals surface area contributed by atoms with Crippen LogP contribution in [0.15, 0.2) is 6.33 Å². The topological polar surface area (TPSA) is 93.4 Å². The van der Waals surface area contributed by atoms with E-state index in [2.05, 4.69) is 15.3 Å². The Hall–Kier alpha value is -2.05. The van der Waals surface area contributed by atoms with E-state index in [9.17, 15) is 4.79 Å². The van der Waals surface area contributed by atoms with Crippen molar-refractivity contribution in [2.24, 2.45) is 0 Å². The highest BCUT2D eigenvalue weighted by molar-refractivity contribution is 5.82. The minimum Gasteiger partial charge on any atom is -0.476 e. The van der Waals surface area contributed by atoms with E-state index in [0.717, 1.165) is 6.42 Å². The van der Waals surface area contributed by atoms with Crippen LogP contribution in [0.1, 0.15) is 20.3 Å². The van der Waals surface area contributed by atoms with Gasteiger partial charge in [0.15, 0.2) is 5.82 Å². The third-order valence-corrected chi connectivity index (χ3v) is 2.56. The maximum absolute atomic E-state index is 11.5. The van der Waals surface area contributed by atoms with E-state index < -0.39 is 0 Å². The van der Waals surface area contributed by atoms with E-state index in [1.807, 2.05) is 13.8 Å². The SMILES string of the molecule is CCCOc1ncnc(N(CC)CC(=O)NC)c1N. The monoisotopic (exact) mass is 267 g/mol. The number of nitrogens with two attached hydrogens (primary N) is 1. The Morgan fingerprint density at radius 2 is 2.21 bits per heavy atom. The Labute approximate surface area is 113 Å². The molecule has 0 atom stereocenters. The average Bonchev–Trinajstić information content (AvgIpc) is 2.43. The minimum atomic E-state index is -0.101. The molecule has 0 aliphatic rings. The van der Waals surface area contributed by atoms with E-state index in [4.69, 9.17) is 10.5 Å². The average molecular weight is 267 g/mol. The quantitative estimate of drug-likeness (QED) is 0.743. The van der Waals surface area contributed by atoms with E-state index in [1.165, 1.54) is 6.33 Å². The fraction of sp³-hybridized carbons (Fsp3) is 0.583. The fourth-order valence-electron chi connectivity index (χ4n) is 1.53. The molecule has 0 saturated carbocycles. The zero-order chi connectivity index (χ0) is 14.3. The summed E-state index contributed by atoms with van der Waals surface area (Å²) in [5.41, 5.74) is 6.36. The van der Waals surface area contributed by atoms with Gasteiger partial charge in [-0.3, -0.25) is 4.79 Å². The lowest BCUT2D eigenvalue weighted by atomic mass is 10.3. The first-order valence-corrected chi connectivity index (χ1v) is 6.32. The van der Waals surface area contributed by atoms with Gasteiger partial charge in [0.25, 0.3) is 0 Å². The van der Waals surface area contributed by atoms with Crippen LogP contribution in [0, 0.1) is 0 Å². The molecule has 0 radical (unpaired) electrons. The number of hydrogen-bond donors (Lipinski definition) is 2. The standard InChI is InChI=1S/C12H21N5O2/c1-4-6-19-12-10(13)11(15-8-16-12)17(5-2)7-9(18)14-3/h8H,4-7,13H2,1-3H3,(H,14,18). The van der Waals surface area contributed by atoms with Crippen LogP contribution in [0.25, 0.3) is 0 Å². The summed E-state index contributed by atoms with van der Waals surface area (Å²) in [6.07, 6.45) is 2.26. The molecule has 106 valence electrons. The Bertz CT molecular complexity index is 425. The highest BCUT2D eigenvalue weighted by atomic mass is 16.5. The van der Waals surface area contributed by atoms with E-state index >= 15 is 0 Å². The Balaban J connectivity index is 2.94. The summed E-state index contributed by atoms with van der Waals surface area (Å²) in [6.45, 7) is 5.28. The van der Waals surface area contributed by atoms with E-state index in [-0.39, 0.29) is 12.5 Å². The number of hydrogen-bond acceptors (Lipinski definition) is 6. The number of nitrogens with one attached hydrogen (secondary N) is 1. The van der Waals surface area contributed by atoms with Gasteiger partial charge >= 0.3 is 0 Å². The van der Waals surface area contributed by atoms with Crippen molar-refractivity contribution in [1.29, 1.82) is 0 Å². The second-order valence-corrected chi connectivity index (χ2v) is 3.95. The van der Waals surface area contributed by atoms with Crippen LogP contribution < -0.4 is 20.7 Å². The number of nitrogens with zero attached hydrogens (tertiary/aromatic N) is 3. The molecule has 0 aliphatic heterocycles. The lowest BCUT2D eigenvalue weighted by molar-refractivity contribution is -0.119. The van der Waals surface area contributed by atoms with Crippen molar-refractivity contribution >= 4 is 17.4 Å². The zero-order valence-corrected chi connectivity index (χ0v) is 11.6. The summed E-state index contributed by atoms with van der Waals surface area (Å²) < 4.78 is 5.45. The number of ether oxygens (including phenoxy) is 1. The molecule has 0 fully saturated rings. The first-order chi connectivity index (χ1) is 9.13. The van der Waals surface area contributed by atoms with Crippen molar-refractivity contribution in [2.75, 3.05) is 37.4 Å². The van der Waals surface area contributed by atoms with Gasteiger partial charge in [-0.05, 0) is 13.3 Å². The van der Waals surface area contributed by atoms with E-state index in [0.29, 0.717) is 30.5 Å². The van der Waals surface area contributed by atoms with Crippen LogP contribution in [0.2, 0.25) is 0 Å². The fourth-order valence-corrected chi connectivity index (χ4v) is 1.53. The highest BCUT2D eigenvalue weighted by Gasteiger charge is 2.16. The molecule has 7 heteroatoms. The number of amides is 1. The molecular formula is C12H21N5O2. The first kappa shape index (κ1) is 15.0. The van der Waals surface area contributed by atoms with Gasteiger partial charge in [-0.1, -0.05) is 6.92 Å². The van der Waals surface area contributed by atoms with Gasteiger partial charge in [-0.25, -0.2) is 4.98 Å². The van der Waals surface area contributed by atoms with Gasteiger partial charge in [0.2, 0.25) is 11.8 Å². The summed E-state index contributed by atoms with van der Waals surface area (Å²) >= 11 is 0. The van der Waals surface area contributed by atoms with Gasteiger partial charge < -0.3 is 20.7 Å². The summed E-state index contributed by atoms with van der Waals surface area (Å²) in [7, 11) is 1.59. The number of nitrogen functional groups attached to an aromatic ring is 1. The van der Waals surface area contributed by atoms with Gasteiger partial charge in [0.1, 0.15) is 12.0 Å². The molecule has 1 amide bonds. The Morgan fingerprint density at radius 3 is 2.79 bits per heavy atom. The van der Waals surface area contributed by atoms with Crippen molar-refractivity contribution < 1.29 is 9.53 Å². The van der Waals surface area contributed by atoms with Crippen molar-refractivity contribution in [3.8, 4) is 5.88 Å². The van der Waals surface area contributed by atoms with Crippen LogP contribution in [-0.2, 0) is 4.79 Å². The number of rotatable bonds is 7. The number of anilines is 2. The molecular weight excluding hydrogens is 246 g/mol. The normalized spacial score (nSPS) is 10.1. The molecule has 0 spiro atoms. The summed E-state index contributed by atoms with van der Waals surface area (Å²) in [5, 5.41) is 2.57. The Morgan fingerprint density at radius 1 is 1.47 bits per heavy atom. The molecule has 7 nitrogen and oxygen atoms in total. The second-order valence-electron chi connectivity index (χ2n) is 3.95. The van der Waals surface area contributed by atoms with Crippen LogP contribution in [0.5, 0.6) is 5.88 Å². The van der Waals surface area contributed by atoms with Crippen molar-refractivity contribution in [2.45, 2.75) is 20.3 Å². The lowest BCUT2D eigenvalue weighted by Crippen LogP contribution is -2.36. The molecule has 0 aliphatic carbocycles. The molecule has 0 unspecified atom stereocenters. The molecule has 19 heavy (non-hydrogen) atoms. The number of carbonyl (C=O) groups is 1. The molecule has 0 aromatic carbocycles. The van der Waals surface area contributed by atoms with Gasteiger partial charge in [0, 0.05) is 13.6 Å². The smallest absolute Gasteiger partial charge is 0.242 e. The van der Waals surface area contributed by atoms with Crippen LogP contribution in [-0.4, -0.2) is 42.6 Å². The predicted molar refractivity (Wildman–Crippen MR) is 74.2 cm³/mol. The van der Waals surface area contributed by atoms with Crippen LogP contribution in [0.4, 0.5) is 11.5 Å². The van der Waals surface area contributed by atoms with Gasteiger partial charge in [0.05, 0.1) is 13.2 Å². The molecule has 1 heterocycles. The first-order valence-electron chi connectivity index (χ1n) is 6.32.